The molecule has 1 saturated heterocycles. The smallest absolute Gasteiger partial charge is 0.341 e. The zero-order valence-corrected chi connectivity index (χ0v) is 19.8. The first-order chi connectivity index (χ1) is 15.3. The summed E-state index contributed by atoms with van der Waals surface area (Å²) in [5, 5.41) is 17.2. The molecule has 13 heteroatoms. The van der Waals surface area contributed by atoms with Crippen LogP contribution in [0.3, 0.4) is 0 Å². The average molecular weight is 509 g/mol. The number of hydrogen-bond donors (Lipinski definition) is 3. The van der Waals surface area contributed by atoms with E-state index in [1.54, 1.807) is 12.3 Å². The van der Waals surface area contributed by atoms with Gasteiger partial charge in [0.1, 0.15) is 16.4 Å². The number of nitrogens with zero attached hydrogens (tertiary/aromatic N) is 2. The number of ether oxygens (including phenoxy) is 1. The largest absolute Gasteiger partial charge is 0.480 e. The summed E-state index contributed by atoms with van der Waals surface area (Å²) < 4.78 is 5.14. The Morgan fingerprint density at radius 1 is 1.25 bits per heavy atom. The SMILES string of the molecule is CCOC(=O)C(=C1SC(=S)N(CC(=O)O)C1=O)c1csc(NC(=S)Nc2ccccc2)n1. The normalized spacial score (nSPS) is 14.8. The minimum atomic E-state index is -1.22. The Kier molecular flexibility index (Phi) is 7.90. The first-order valence-electron chi connectivity index (χ1n) is 9.06. The highest BCUT2D eigenvalue weighted by Crippen LogP contribution is 2.38. The highest BCUT2D eigenvalue weighted by molar-refractivity contribution is 8.26. The van der Waals surface area contributed by atoms with Gasteiger partial charge in [-0.15, -0.1) is 11.3 Å². The van der Waals surface area contributed by atoms with Gasteiger partial charge in [-0.25, -0.2) is 9.78 Å². The van der Waals surface area contributed by atoms with Gasteiger partial charge in [0.15, 0.2) is 10.2 Å². The van der Waals surface area contributed by atoms with E-state index in [4.69, 9.17) is 34.3 Å². The van der Waals surface area contributed by atoms with Crippen molar-refractivity contribution in [1.29, 1.82) is 0 Å². The topological polar surface area (TPSA) is 121 Å². The Morgan fingerprint density at radius 3 is 2.62 bits per heavy atom. The van der Waals surface area contributed by atoms with Crippen LogP contribution in [0.4, 0.5) is 10.8 Å². The van der Waals surface area contributed by atoms with Crippen molar-refractivity contribution >= 4 is 91.2 Å². The molecule has 1 aromatic heterocycles. The van der Waals surface area contributed by atoms with Crippen molar-refractivity contribution in [1.82, 2.24) is 9.88 Å². The molecule has 0 saturated carbocycles. The van der Waals surface area contributed by atoms with Crippen molar-refractivity contribution in [3.63, 3.8) is 0 Å². The number of aromatic nitrogens is 1. The van der Waals surface area contributed by atoms with Gasteiger partial charge in [0, 0.05) is 11.1 Å². The molecule has 0 bridgehead atoms. The molecule has 2 heterocycles. The number of carboxylic acids is 1. The number of para-hydroxylation sites is 1. The van der Waals surface area contributed by atoms with E-state index in [0.29, 0.717) is 10.2 Å². The summed E-state index contributed by atoms with van der Waals surface area (Å²) >= 11 is 12.4. The lowest BCUT2D eigenvalue weighted by atomic mass is 10.2. The van der Waals surface area contributed by atoms with Gasteiger partial charge in [0.2, 0.25) is 0 Å². The number of carbonyl (C=O) groups is 3. The number of benzene rings is 1. The fourth-order valence-corrected chi connectivity index (χ4v) is 4.87. The summed E-state index contributed by atoms with van der Waals surface area (Å²) in [6.45, 7) is 1.11. The van der Waals surface area contributed by atoms with Crippen molar-refractivity contribution in [3.8, 4) is 0 Å². The second-order valence-corrected chi connectivity index (χ2v) is 8.97. The first kappa shape index (κ1) is 23.8. The maximum Gasteiger partial charge on any atom is 0.341 e. The number of hydrogen-bond acceptors (Lipinski definition) is 9. The third kappa shape index (κ3) is 5.68. The zero-order chi connectivity index (χ0) is 23.3. The molecule has 9 nitrogen and oxygen atoms in total. The third-order valence-corrected chi connectivity index (χ3v) is 6.27. The van der Waals surface area contributed by atoms with E-state index in [1.165, 1.54) is 11.3 Å². The van der Waals surface area contributed by atoms with E-state index in [9.17, 15) is 14.4 Å². The highest BCUT2D eigenvalue weighted by atomic mass is 32.2. The van der Waals surface area contributed by atoms with Crippen LogP contribution in [0.25, 0.3) is 5.57 Å². The van der Waals surface area contributed by atoms with Gasteiger partial charge < -0.3 is 20.5 Å². The molecule has 0 unspecified atom stereocenters. The number of thiocarbonyl (C=S) groups is 2. The Hall–Kier alpha value is -2.87. The fraction of sp³-hybridized carbons (Fsp3) is 0.158. The highest BCUT2D eigenvalue weighted by Gasteiger charge is 2.38. The second-order valence-electron chi connectivity index (χ2n) is 6.06. The van der Waals surface area contributed by atoms with Gasteiger partial charge in [-0.3, -0.25) is 14.5 Å². The maximum absolute atomic E-state index is 12.8. The molecule has 2 aromatic rings. The summed E-state index contributed by atoms with van der Waals surface area (Å²) in [6.07, 6.45) is 0. The molecule has 1 aliphatic rings. The van der Waals surface area contributed by atoms with E-state index in [-0.39, 0.29) is 27.1 Å². The molecule has 1 aliphatic heterocycles. The molecule has 0 aliphatic carbocycles. The van der Waals surface area contributed by atoms with E-state index in [1.807, 2.05) is 30.3 Å². The predicted molar refractivity (Wildman–Crippen MR) is 131 cm³/mol. The Morgan fingerprint density at radius 2 is 1.97 bits per heavy atom. The van der Waals surface area contributed by atoms with Crippen LogP contribution in [0.2, 0.25) is 0 Å². The molecular weight excluding hydrogens is 493 g/mol. The van der Waals surface area contributed by atoms with Gasteiger partial charge in [0.25, 0.3) is 5.91 Å². The molecular formula is C19H16N4O5S4. The monoisotopic (exact) mass is 508 g/mol. The van der Waals surface area contributed by atoms with Crippen molar-refractivity contribution in [2.24, 2.45) is 0 Å². The van der Waals surface area contributed by atoms with Crippen molar-refractivity contribution in [3.05, 3.63) is 46.3 Å². The van der Waals surface area contributed by atoms with E-state index in [0.717, 1.165) is 22.3 Å². The number of amides is 1. The van der Waals surface area contributed by atoms with Gasteiger partial charge in [-0.2, -0.15) is 0 Å². The summed E-state index contributed by atoms with van der Waals surface area (Å²) in [6, 6.07) is 9.29. The lowest BCUT2D eigenvalue weighted by molar-refractivity contribution is -0.140. The number of rotatable bonds is 7. The third-order valence-electron chi connectivity index (χ3n) is 3.86. The number of thioether (sulfide) groups is 1. The number of anilines is 2. The van der Waals surface area contributed by atoms with Gasteiger partial charge in [0.05, 0.1) is 17.2 Å². The number of esters is 1. The molecule has 0 atom stereocenters. The second kappa shape index (κ2) is 10.6. The summed E-state index contributed by atoms with van der Waals surface area (Å²) in [5.41, 5.74) is 0.897. The summed E-state index contributed by atoms with van der Waals surface area (Å²) in [7, 11) is 0. The summed E-state index contributed by atoms with van der Waals surface area (Å²) in [5.74, 6) is -2.67. The van der Waals surface area contributed by atoms with Crippen LogP contribution >= 0.6 is 47.5 Å². The molecule has 0 spiro atoms. The number of thiazole rings is 1. The number of nitrogens with one attached hydrogen (secondary N) is 2. The van der Waals surface area contributed by atoms with Crippen molar-refractivity contribution in [2.75, 3.05) is 23.8 Å². The molecule has 166 valence electrons. The first-order valence-corrected chi connectivity index (χ1v) is 11.6. The molecule has 32 heavy (non-hydrogen) atoms. The minimum Gasteiger partial charge on any atom is -0.480 e. The van der Waals surface area contributed by atoms with Crippen LogP contribution < -0.4 is 10.6 Å². The zero-order valence-electron chi connectivity index (χ0n) is 16.5. The van der Waals surface area contributed by atoms with Gasteiger partial charge in [-0.05, 0) is 31.3 Å². The Bertz CT molecular complexity index is 1120. The lowest BCUT2D eigenvalue weighted by Gasteiger charge is -2.11. The molecule has 3 N–H and O–H groups in total. The lowest BCUT2D eigenvalue weighted by Crippen LogP contribution is -2.33. The van der Waals surface area contributed by atoms with Crippen LogP contribution in [0.15, 0.2) is 40.6 Å². The maximum atomic E-state index is 12.8. The van der Waals surface area contributed by atoms with E-state index >= 15 is 0 Å². The van der Waals surface area contributed by atoms with E-state index < -0.39 is 24.4 Å². The van der Waals surface area contributed by atoms with Crippen LogP contribution in [-0.4, -0.2) is 55.4 Å². The van der Waals surface area contributed by atoms with Gasteiger partial charge >= 0.3 is 11.9 Å². The minimum absolute atomic E-state index is 0.0310. The van der Waals surface area contributed by atoms with Crippen molar-refractivity contribution in [2.45, 2.75) is 6.92 Å². The summed E-state index contributed by atoms with van der Waals surface area (Å²) in [4.78, 5) is 41.8. The Balaban J connectivity index is 1.87. The molecule has 1 fully saturated rings. The Labute approximate surface area is 201 Å². The number of carboxylic acid groups (broad SMARTS) is 1. The van der Waals surface area contributed by atoms with Crippen LogP contribution in [-0.2, 0) is 19.1 Å². The molecule has 3 rings (SSSR count). The number of aliphatic carboxylic acids is 1. The predicted octanol–water partition coefficient (Wildman–Crippen LogP) is 3.17. The fourth-order valence-electron chi connectivity index (χ4n) is 2.56. The molecule has 1 amide bonds. The van der Waals surface area contributed by atoms with Crippen LogP contribution in [0.5, 0.6) is 0 Å². The van der Waals surface area contributed by atoms with Crippen molar-refractivity contribution < 1.29 is 24.2 Å². The quantitative estimate of drug-likeness (QED) is 0.290. The molecule has 0 radical (unpaired) electrons. The average Bonchev–Trinajstić information content (AvgIpc) is 3.29. The van der Waals surface area contributed by atoms with Crippen LogP contribution in [0.1, 0.15) is 12.6 Å². The molecule has 1 aromatic carbocycles. The van der Waals surface area contributed by atoms with Crippen LogP contribution in [0, 0.1) is 0 Å². The number of carbonyl (C=O) groups excluding carboxylic acids is 2. The standard InChI is InChI=1S/C19H16N4O5S4/c1-2-28-16(27)13(14-15(26)23(8-12(24)25)19(30)32-14)11-9-31-18(21-11)22-17(29)20-10-6-4-3-5-7-10/h3-7,9H,2,8H2,1H3,(H,24,25)(H2,20,21,22,29). The van der Waals surface area contributed by atoms with Gasteiger partial charge in [-0.1, -0.05) is 42.2 Å². The van der Waals surface area contributed by atoms with E-state index in [2.05, 4.69) is 15.6 Å².